The third-order valence-electron chi connectivity index (χ3n) is 4.65. The van der Waals surface area contributed by atoms with Gasteiger partial charge in [0.2, 0.25) is 5.91 Å². The second-order valence-corrected chi connectivity index (χ2v) is 7.77. The van der Waals surface area contributed by atoms with Crippen molar-refractivity contribution in [3.05, 3.63) is 12.3 Å². The third kappa shape index (κ3) is 3.43. The molecule has 2 aromatic rings. The molecule has 8 heteroatoms. The molecule has 1 saturated carbocycles. The lowest BCUT2D eigenvalue weighted by atomic mass is 9.94. The zero-order valence-electron chi connectivity index (χ0n) is 13.7. The van der Waals surface area contributed by atoms with Gasteiger partial charge in [-0.25, -0.2) is 9.97 Å². The summed E-state index contributed by atoms with van der Waals surface area (Å²) in [6, 6.07) is 4.02. The number of aliphatic hydroxyl groups excluding tert-OH is 1. The van der Waals surface area contributed by atoms with Crippen molar-refractivity contribution in [2.75, 3.05) is 23.3 Å². The number of rotatable bonds is 4. The number of hydrogen-bond acceptors (Lipinski definition) is 7. The maximum absolute atomic E-state index is 12.0. The highest BCUT2D eigenvalue weighted by atomic mass is 32.1. The fraction of sp³-hybridized carbons (Fsp3) is 0.529. The lowest BCUT2D eigenvalue weighted by Crippen LogP contribution is -2.43. The Labute approximate surface area is 149 Å². The predicted octanol–water partition coefficient (Wildman–Crippen LogP) is 2.14. The molecule has 1 aliphatic carbocycles. The van der Waals surface area contributed by atoms with Crippen molar-refractivity contribution in [1.82, 2.24) is 9.97 Å². The summed E-state index contributed by atoms with van der Waals surface area (Å²) < 4.78 is 0.850. The number of nitrogens with zero attached hydrogens (tertiary/aromatic N) is 4. The molecular weight excluding hydrogens is 338 g/mol. The van der Waals surface area contributed by atoms with Crippen molar-refractivity contribution >= 4 is 38.4 Å². The highest BCUT2D eigenvalue weighted by Gasteiger charge is 2.31. The van der Waals surface area contributed by atoms with E-state index in [1.54, 1.807) is 6.20 Å². The Kier molecular flexibility index (Phi) is 4.27. The number of aromatic nitrogens is 2. The second-order valence-electron chi connectivity index (χ2n) is 6.79. The molecule has 1 amide bonds. The molecule has 2 fully saturated rings. The molecule has 130 valence electrons. The van der Waals surface area contributed by atoms with Gasteiger partial charge in [-0.05, 0) is 31.2 Å². The lowest BCUT2D eigenvalue weighted by Gasteiger charge is -2.34. The Bertz CT molecular complexity index is 841. The van der Waals surface area contributed by atoms with Crippen LogP contribution in [-0.2, 0) is 4.79 Å². The van der Waals surface area contributed by atoms with Gasteiger partial charge in [0.25, 0.3) is 0 Å². The van der Waals surface area contributed by atoms with Crippen molar-refractivity contribution in [3.8, 4) is 6.07 Å². The van der Waals surface area contributed by atoms with E-state index in [4.69, 9.17) is 5.26 Å². The van der Waals surface area contributed by atoms with Crippen LogP contribution in [-0.4, -0.2) is 40.2 Å². The van der Waals surface area contributed by atoms with Gasteiger partial charge in [0.15, 0.2) is 10.9 Å². The van der Waals surface area contributed by atoms with Gasteiger partial charge in [0.05, 0.1) is 22.4 Å². The summed E-state index contributed by atoms with van der Waals surface area (Å²) in [6.07, 6.45) is 4.18. The van der Waals surface area contributed by atoms with Gasteiger partial charge in [-0.2, -0.15) is 5.26 Å². The molecule has 1 saturated heterocycles. The van der Waals surface area contributed by atoms with Gasteiger partial charge in [0, 0.05) is 31.6 Å². The van der Waals surface area contributed by atoms with Crippen LogP contribution in [0, 0.1) is 23.2 Å². The Morgan fingerprint density at radius 2 is 2.32 bits per heavy atom. The monoisotopic (exact) mass is 357 g/mol. The summed E-state index contributed by atoms with van der Waals surface area (Å²) in [5.74, 6) is 0.850. The molecule has 2 atom stereocenters. The van der Waals surface area contributed by atoms with Crippen molar-refractivity contribution in [1.29, 1.82) is 5.26 Å². The fourth-order valence-electron chi connectivity index (χ4n) is 3.24. The highest BCUT2D eigenvalue weighted by molar-refractivity contribution is 7.22. The maximum Gasteiger partial charge on any atom is 0.228 e. The van der Waals surface area contributed by atoms with Gasteiger partial charge in [0.1, 0.15) is 0 Å². The zero-order chi connectivity index (χ0) is 17.4. The second kappa shape index (κ2) is 6.58. The Morgan fingerprint density at radius 1 is 1.48 bits per heavy atom. The number of amides is 1. The number of aliphatic hydroxyl groups is 1. The van der Waals surface area contributed by atoms with E-state index in [9.17, 15) is 9.90 Å². The molecule has 4 rings (SSSR count). The molecule has 2 aliphatic rings. The molecule has 2 N–H and O–H groups in total. The van der Waals surface area contributed by atoms with Gasteiger partial charge in [-0.1, -0.05) is 11.3 Å². The average molecular weight is 357 g/mol. The number of nitriles is 1. The van der Waals surface area contributed by atoms with Crippen molar-refractivity contribution < 1.29 is 9.90 Å². The van der Waals surface area contributed by atoms with Gasteiger partial charge < -0.3 is 15.3 Å². The summed E-state index contributed by atoms with van der Waals surface area (Å²) in [5.41, 5.74) is 0.790. The Balaban J connectivity index is 1.60. The Hall–Kier alpha value is -2.24. The van der Waals surface area contributed by atoms with Gasteiger partial charge >= 0.3 is 0 Å². The van der Waals surface area contributed by atoms with E-state index >= 15 is 0 Å². The van der Waals surface area contributed by atoms with Crippen LogP contribution in [0.25, 0.3) is 10.2 Å². The standard InChI is InChI=1S/C17H19N5O2S/c18-5-3-10-7-12(23)9-22(8-10)17-20-13-4-6-19-15(14(13)25-17)21-16(24)11-1-2-11/h4,6,10-12,23H,1-3,7-9H2,(H,19,21,24). The topological polar surface area (TPSA) is 102 Å². The molecular formula is C17H19N5O2S. The SMILES string of the molecule is N#CCC1CC(O)CN(c2nc3ccnc(NC(=O)C4CC4)c3s2)C1. The molecule has 0 aromatic carbocycles. The van der Waals surface area contributed by atoms with Crippen LogP contribution in [0.3, 0.4) is 0 Å². The fourth-order valence-corrected chi connectivity index (χ4v) is 4.26. The third-order valence-corrected chi connectivity index (χ3v) is 5.79. The van der Waals surface area contributed by atoms with Crippen LogP contribution >= 0.6 is 11.3 Å². The van der Waals surface area contributed by atoms with E-state index in [1.165, 1.54) is 11.3 Å². The van der Waals surface area contributed by atoms with Crippen LogP contribution in [0.15, 0.2) is 12.3 Å². The van der Waals surface area contributed by atoms with Crippen LogP contribution in [0.1, 0.15) is 25.7 Å². The number of anilines is 2. The zero-order valence-corrected chi connectivity index (χ0v) is 14.5. The molecule has 1 aliphatic heterocycles. The normalized spacial score (nSPS) is 23.4. The van der Waals surface area contributed by atoms with Crippen molar-refractivity contribution in [2.24, 2.45) is 11.8 Å². The summed E-state index contributed by atoms with van der Waals surface area (Å²) >= 11 is 1.47. The molecule has 0 bridgehead atoms. The van der Waals surface area contributed by atoms with E-state index in [0.717, 1.165) is 28.2 Å². The number of pyridine rings is 1. The van der Waals surface area contributed by atoms with E-state index < -0.39 is 6.10 Å². The number of carbonyl (C=O) groups is 1. The summed E-state index contributed by atoms with van der Waals surface area (Å²) in [5, 5.41) is 22.8. The lowest BCUT2D eigenvalue weighted by molar-refractivity contribution is -0.117. The van der Waals surface area contributed by atoms with Crippen LogP contribution in [0.5, 0.6) is 0 Å². The number of β-amino-alcohol motifs (C(OH)–C–C–N with tert-alkyl or cyclic N) is 1. The van der Waals surface area contributed by atoms with E-state index in [2.05, 4.69) is 21.4 Å². The smallest absolute Gasteiger partial charge is 0.228 e. The van der Waals surface area contributed by atoms with E-state index in [-0.39, 0.29) is 17.7 Å². The largest absolute Gasteiger partial charge is 0.391 e. The van der Waals surface area contributed by atoms with Gasteiger partial charge in [-0.3, -0.25) is 4.79 Å². The molecule has 2 aromatic heterocycles. The summed E-state index contributed by atoms with van der Waals surface area (Å²) in [7, 11) is 0. The highest BCUT2D eigenvalue weighted by Crippen LogP contribution is 2.36. The van der Waals surface area contributed by atoms with E-state index in [0.29, 0.717) is 31.7 Å². The first kappa shape index (κ1) is 16.2. The number of piperidine rings is 1. The van der Waals surface area contributed by atoms with Crippen LogP contribution < -0.4 is 10.2 Å². The molecule has 3 heterocycles. The van der Waals surface area contributed by atoms with Crippen LogP contribution in [0.2, 0.25) is 0 Å². The minimum atomic E-state index is -0.453. The van der Waals surface area contributed by atoms with Crippen LogP contribution in [0.4, 0.5) is 10.9 Å². The van der Waals surface area contributed by atoms with E-state index in [1.807, 2.05) is 11.0 Å². The number of fused-ring (bicyclic) bond motifs is 1. The molecule has 0 spiro atoms. The molecule has 7 nitrogen and oxygen atoms in total. The number of carbonyl (C=O) groups excluding carboxylic acids is 1. The molecule has 0 radical (unpaired) electrons. The first-order valence-corrected chi connectivity index (χ1v) is 9.32. The number of hydrogen-bond donors (Lipinski definition) is 2. The molecule has 2 unspecified atom stereocenters. The Morgan fingerprint density at radius 3 is 3.08 bits per heavy atom. The van der Waals surface area contributed by atoms with Crippen molar-refractivity contribution in [3.63, 3.8) is 0 Å². The summed E-state index contributed by atoms with van der Waals surface area (Å²) in [4.78, 5) is 23.0. The average Bonchev–Trinajstić information content (AvgIpc) is 3.34. The molecule has 25 heavy (non-hydrogen) atoms. The quantitative estimate of drug-likeness (QED) is 0.869. The van der Waals surface area contributed by atoms with Gasteiger partial charge in [-0.15, -0.1) is 0 Å². The minimum Gasteiger partial charge on any atom is -0.391 e. The number of thiazole rings is 1. The first-order chi connectivity index (χ1) is 12.1. The minimum absolute atomic E-state index is 0.0254. The first-order valence-electron chi connectivity index (χ1n) is 8.50. The number of nitrogens with one attached hydrogen (secondary N) is 1. The predicted molar refractivity (Wildman–Crippen MR) is 95.3 cm³/mol. The summed E-state index contributed by atoms with van der Waals surface area (Å²) in [6.45, 7) is 1.22. The van der Waals surface area contributed by atoms with Crippen molar-refractivity contribution in [2.45, 2.75) is 31.8 Å². The maximum atomic E-state index is 12.0.